The van der Waals surface area contributed by atoms with Gasteiger partial charge in [-0.1, -0.05) is 12.1 Å². The topological polar surface area (TPSA) is 89.5 Å². The lowest BCUT2D eigenvalue weighted by Crippen LogP contribution is -2.52. The number of nitrogens with one attached hydrogen (secondary N) is 2. The summed E-state index contributed by atoms with van der Waals surface area (Å²) in [6, 6.07) is 7.70. The maximum atomic E-state index is 11.7. The molecule has 0 spiro atoms. The summed E-state index contributed by atoms with van der Waals surface area (Å²) in [7, 11) is 1.69. The van der Waals surface area contributed by atoms with Gasteiger partial charge in [-0.3, -0.25) is 14.7 Å². The lowest BCUT2D eigenvalue weighted by Gasteiger charge is -2.38. The first kappa shape index (κ1) is 23.0. The number of para-hydroxylation sites is 2. The zero-order chi connectivity index (χ0) is 19.9. The molecule has 2 heterocycles. The maximum Gasteiger partial charge on any atom is 0.324 e. The fraction of sp³-hybridized carbons (Fsp3) is 0.526. The fourth-order valence-electron chi connectivity index (χ4n) is 3.41. The molecule has 3 amide bonds. The van der Waals surface area contributed by atoms with Gasteiger partial charge in [0.1, 0.15) is 5.75 Å². The van der Waals surface area contributed by atoms with Gasteiger partial charge < -0.3 is 25.2 Å². The molecule has 2 aliphatic heterocycles. The average molecular weight is 516 g/mol. The first-order chi connectivity index (χ1) is 13.6. The number of benzene rings is 1. The molecule has 10 heteroatoms. The second-order valence-corrected chi connectivity index (χ2v) is 6.59. The number of imide groups is 1. The predicted molar refractivity (Wildman–Crippen MR) is 123 cm³/mol. The second-order valence-electron chi connectivity index (χ2n) is 6.59. The third kappa shape index (κ3) is 5.64. The molecule has 2 aliphatic rings. The van der Waals surface area contributed by atoms with Crippen molar-refractivity contribution in [1.29, 1.82) is 0 Å². The summed E-state index contributed by atoms with van der Waals surface area (Å²) in [5.74, 6) is 1.50. The van der Waals surface area contributed by atoms with E-state index < -0.39 is 0 Å². The molecule has 0 aromatic heterocycles. The molecule has 0 saturated carbocycles. The van der Waals surface area contributed by atoms with Crippen LogP contribution >= 0.6 is 24.0 Å². The van der Waals surface area contributed by atoms with Crippen LogP contribution in [0.2, 0.25) is 0 Å². The minimum atomic E-state index is -0.337. The lowest BCUT2D eigenvalue weighted by atomic mass is 10.2. The number of piperazine rings is 1. The van der Waals surface area contributed by atoms with E-state index in [1.807, 2.05) is 25.1 Å². The van der Waals surface area contributed by atoms with Crippen LogP contribution in [0.25, 0.3) is 0 Å². The average Bonchev–Trinajstić information content (AvgIpc) is 3.05. The van der Waals surface area contributed by atoms with Gasteiger partial charge in [0.15, 0.2) is 5.96 Å². The zero-order valence-corrected chi connectivity index (χ0v) is 19.2. The summed E-state index contributed by atoms with van der Waals surface area (Å²) in [5, 5.41) is 5.83. The first-order valence-corrected chi connectivity index (χ1v) is 9.63. The monoisotopic (exact) mass is 516 g/mol. The molecule has 2 N–H and O–H groups in total. The molecule has 0 aliphatic carbocycles. The van der Waals surface area contributed by atoms with Crippen LogP contribution in [-0.2, 0) is 4.79 Å². The Hall–Kier alpha value is -2.24. The van der Waals surface area contributed by atoms with Crippen LogP contribution < -0.4 is 20.3 Å². The number of carbonyl (C=O) groups is 2. The van der Waals surface area contributed by atoms with E-state index in [0.717, 1.165) is 50.1 Å². The SMILES string of the molecule is CCNC(=NCCN1C(=O)CNC1=O)N1CCN(c2ccccc2OC)CC1.I. The number of nitrogens with zero attached hydrogens (tertiary/aromatic N) is 4. The molecule has 0 radical (unpaired) electrons. The van der Waals surface area contributed by atoms with E-state index in [2.05, 4.69) is 31.5 Å². The van der Waals surface area contributed by atoms with Crippen molar-refractivity contribution in [3.05, 3.63) is 24.3 Å². The summed E-state index contributed by atoms with van der Waals surface area (Å²) < 4.78 is 5.47. The molecule has 0 unspecified atom stereocenters. The summed E-state index contributed by atoms with van der Waals surface area (Å²) in [6.07, 6.45) is 0. The van der Waals surface area contributed by atoms with E-state index in [1.165, 1.54) is 4.90 Å². The Kier molecular flexibility index (Phi) is 8.80. The highest BCUT2D eigenvalue weighted by Crippen LogP contribution is 2.28. The van der Waals surface area contributed by atoms with Crippen molar-refractivity contribution in [3.63, 3.8) is 0 Å². The summed E-state index contributed by atoms with van der Waals surface area (Å²) in [6.45, 7) is 6.91. The van der Waals surface area contributed by atoms with Crippen LogP contribution in [0.4, 0.5) is 10.5 Å². The summed E-state index contributed by atoms with van der Waals surface area (Å²) in [4.78, 5) is 33.6. The van der Waals surface area contributed by atoms with Crippen molar-refractivity contribution in [1.82, 2.24) is 20.4 Å². The van der Waals surface area contributed by atoms with E-state index in [9.17, 15) is 9.59 Å². The van der Waals surface area contributed by atoms with Crippen molar-refractivity contribution in [3.8, 4) is 5.75 Å². The molecule has 0 bridgehead atoms. The van der Waals surface area contributed by atoms with Crippen molar-refractivity contribution in [2.75, 3.05) is 64.4 Å². The number of urea groups is 1. The van der Waals surface area contributed by atoms with Crippen LogP contribution in [0.1, 0.15) is 6.92 Å². The van der Waals surface area contributed by atoms with Gasteiger partial charge in [-0.25, -0.2) is 4.79 Å². The zero-order valence-electron chi connectivity index (χ0n) is 16.9. The number of halogens is 1. The van der Waals surface area contributed by atoms with Crippen LogP contribution in [0.3, 0.4) is 0 Å². The molecule has 3 rings (SSSR count). The third-order valence-corrected chi connectivity index (χ3v) is 4.86. The number of amides is 3. The van der Waals surface area contributed by atoms with Gasteiger partial charge in [0.2, 0.25) is 5.91 Å². The number of carbonyl (C=O) groups excluding carboxylic acids is 2. The minimum Gasteiger partial charge on any atom is -0.495 e. The van der Waals surface area contributed by atoms with Gasteiger partial charge in [-0.05, 0) is 19.1 Å². The van der Waals surface area contributed by atoms with Crippen LogP contribution in [0.15, 0.2) is 29.3 Å². The second kappa shape index (κ2) is 11.1. The molecule has 1 aromatic carbocycles. The number of ether oxygens (including phenoxy) is 1. The van der Waals surface area contributed by atoms with Gasteiger partial charge in [0.25, 0.3) is 0 Å². The first-order valence-electron chi connectivity index (χ1n) is 9.63. The fourth-order valence-corrected chi connectivity index (χ4v) is 3.41. The van der Waals surface area contributed by atoms with Gasteiger partial charge in [-0.2, -0.15) is 0 Å². The quantitative estimate of drug-likeness (QED) is 0.254. The lowest BCUT2D eigenvalue weighted by molar-refractivity contribution is -0.124. The predicted octanol–water partition coefficient (Wildman–Crippen LogP) is 0.953. The Bertz CT molecular complexity index is 720. The number of methoxy groups -OCH3 is 1. The molecule has 2 saturated heterocycles. The van der Waals surface area contributed by atoms with Crippen molar-refractivity contribution < 1.29 is 14.3 Å². The van der Waals surface area contributed by atoms with Gasteiger partial charge in [-0.15, -0.1) is 24.0 Å². The van der Waals surface area contributed by atoms with Gasteiger partial charge in [0, 0.05) is 32.7 Å². The number of aliphatic imine (C=N–C) groups is 1. The number of hydrogen-bond acceptors (Lipinski definition) is 5. The van der Waals surface area contributed by atoms with Crippen LogP contribution in [0, 0.1) is 0 Å². The van der Waals surface area contributed by atoms with E-state index >= 15 is 0 Å². The van der Waals surface area contributed by atoms with E-state index in [0.29, 0.717) is 13.1 Å². The van der Waals surface area contributed by atoms with Crippen LogP contribution in [0.5, 0.6) is 5.75 Å². The normalized spacial score (nSPS) is 17.2. The smallest absolute Gasteiger partial charge is 0.324 e. The standard InChI is InChI=1S/C19H28N6O3.HI/c1-3-20-18(21-8-9-25-17(26)14-22-19(25)27)24-12-10-23(11-13-24)15-6-4-5-7-16(15)28-2;/h4-7H,3,8-14H2,1-2H3,(H,20,21)(H,22,27);1H. The summed E-state index contributed by atoms with van der Waals surface area (Å²) >= 11 is 0. The number of anilines is 1. The Labute approximate surface area is 188 Å². The Morgan fingerprint density at radius 2 is 1.93 bits per heavy atom. The number of hydrogen-bond donors (Lipinski definition) is 2. The van der Waals surface area contributed by atoms with Crippen molar-refractivity contribution >= 4 is 47.6 Å². The third-order valence-electron chi connectivity index (χ3n) is 4.86. The molecule has 160 valence electrons. The molecule has 0 atom stereocenters. The Morgan fingerprint density at radius 1 is 1.21 bits per heavy atom. The highest BCUT2D eigenvalue weighted by atomic mass is 127. The van der Waals surface area contributed by atoms with Gasteiger partial charge >= 0.3 is 6.03 Å². The Morgan fingerprint density at radius 3 is 2.55 bits per heavy atom. The molecule has 9 nitrogen and oxygen atoms in total. The largest absolute Gasteiger partial charge is 0.495 e. The van der Waals surface area contributed by atoms with Crippen LogP contribution in [-0.4, -0.2) is 87.2 Å². The van der Waals surface area contributed by atoms with E-state index in [4.69, 9.17) is 4.74 Å². The van der Waals surface area contributed by atoms with Crippen molar-refractivity contribution in [2.45, 2.75) is 6.92 Å². The Balaban J connectivity index is 0.00000300. The maximum absolute atomic E-state index is 11.7. The van der Waals surface area contributed by atoms with Gasteiger partial charge in [0.05, 0.1) is 32.4 Å². The molecule has 2 fully saturated rings. The molecular formula is C19H29IN6O3. The molecular weight excluding hydrogens is 487 g/mol. The minimum absolute atomic E-state index is 0. The highest BCUT2D eigenvalue weighted by Gasteiger charge is 2.28. The van der Waals surface area contributed by atoms with E-state index in [1.54, 1.807) is 7.11 Å². The molecule has 1 aromatic rings. The molecule has 29 heavy (non-hydrogen) atoms. The summed E-state index contributed by atoms with van der Waals surface area (Å²) in [5.41, 5.74) is 1.10. The van der Waals surface area contributed by atoms with E-state index in [-0.39, 0.29) is 42.5 Å². The number of guanidine groups is 1. The van der Waals surface area contributed by atoms with Crippen molar-refractivity contribution in [2.24, 2.45) is 4.99 Å². The number of rotatable bonds is 6. The highest BCUT2D eigenvalue weighted by molar-refractivity contribution is 14.0.